The van der Waals surface area contributed by atoms with Crippen molar-refractivity contribution in [2.45, 2.75) is 33.8 Å². The summed E-state index contributed by atoms with van der Waals surface area (Å²) < 4.78 is 11.7. The number of carbonyl (C=O) groups is 2. The van der Waals surface area contributed by atoms with Gasteiger partial charge in [-0.05, 0) is 45.9 Å². The van der Waals surface area contributed by atoms with Crippen LogP contribution in [0.15, 0.2) is 28.8 Å². The van der Waals surface area contributed by atoms with Crippen LogP contribution in [-0.2, 0) is 9.53 Å². The highest BCUT2D eigenvalue weighted by Gasteiger charge is 2.23. The largest absolute Gasteiger partial charge is 0.448 e. The average Bonchev–Trinajstić information content (AvgIpc) is 3.19. The van der Waals surface area contributed by atoms with Gasteiger partial charge in [-0.25, -0.2) is 14.5 Å². The normalized spacial score (nSPS) is 11.9. The topological polar surface area (TPSA) is 112 Å². The van der Waals surface area contributed by atoms with Crippen LogP contribution in [0, 0.1) is 20.8 Å². The molecule has 1 unspecified atom stereocenters. The van der Waals surface area contributed by atoms with Crippen molar-refractivity contribution in [2.75, 3.05) is 5.32 Å². The van der Waals surface area contributed by atoms with E-state index in [4.69, 9.17) is 20.9 Å². The van der Waals surface area contributed by atoms with Crippen LogP contribution in [0.5, 0.6) is 0 Å². The third-order valence-electron chi connectivity index (χ3n) is 3.78. The number of rotatable bonds is 5. The zero-order valence-electron chi connectivity index (χ0n) is 15.7. The van der Waals surface area contributed by atoms with Crippen molar-refractivity contribution in [3.8, 4) is 5.82 Å². The molecule has 3 aromatic rings. The molecule has 0 fully saturated rings. The number of hydrogen-bond donors (Lipinski definition) is 1. The number of aryl methyl sites for hydroxylation is 3. The van der Waals surface area contributed by atoms with Crippen molar-refractivity contribution in [2.24, 2.45) is 0 Å². The molecule has 28 heavy (non-hydrogen) atoms. The third-order valence-corrected chi connectivity index (χ3v) is 4.08. The minimum atomic E-state index is -1.10. The predicted octanol–water partition coefficient (Wildman–Crippen LogP) is 3.02. The molecular formula is C18H18ClN5O4. The van der Waals surface area contributed by atoms with Gasteiger partial charge in [-0.3, -0.25) is 10.1 Å². The lowest BCUT2D eigenvalue weighted by atomic mass is 10.3. The summed E-state index contributed by atoms with van der Waals surface area (Å²) in [5.41, 5.74) is 2.16. The summed E-state index contributed by atoms with van der Waals surface area (Å²) in [6.07, 6.45) is -1.10. The SMILES string of the molecule is Cc1cc(NC(=O)C(C)OC(=O)c2nc(-n3nc(C)cc3C)ccc2Cl)on1. The second-order valence-corrected chi connectivity index (χ2v) is 6.62. The Morgan fingerprint density at radius 1 is 1.21 bits per heavy atom. The first kappa shape index (κ1) is 19.6. The van der Waals surface area contributed by atoms with Gasteiger partial charge in [0.1, 0.15) is 0 Å². The number of anilines is 1. The number of aromatic nitrogens is 4. The van der Waals surface area contributed by atoms with E-state index in [1.165, 1.54) is 13.0 Å². The molecule has 0 radical (unpaired) electrons. The summed E-state index contributed by atoms with van der Waals surface area (Å²) in [7, 11) is 0. The predicted molar refractivity (Wildman–Crippen MR) is 101 cm³/mol. The Balaban J connectivity index is 1.75. The molecule has 0 spiro atoms. The summed E-state index contributed by atoms with van der Waals surface area (Å²) in [6, 6.07) is 6.59. The number of nitrogens with zero attached hydrogens (tertiary/aromatic N) is 4. The molecule has 1 atom stereocenters. The van der Waals surface area contributed by atoms with Crippen molar-refractivity contribution in [1.29, 1.82) is 0 Å². The smallest absolute Gasteiger partial charge is 0.359 e. The molecule has 3 heterocycles. The van der Waals surface area contributed by atoms with Crippen LogP contribution in [0.25, 0.3) is 5.82 Å². The minimum absolute atomic E-state index is 0.105. The van der Waals surface area contributed by atoms with Crippen molar-refractivity contribution in [3.05, 3.63) is 52.1 Å². The summed E-state index contributed by atoms with van der Waals surface area (Å²) >= 11 is 6.10. The number of halogens is 1. The van der Waals surface area contributed by atoms with Crippen LogP contribution in [0.2, 0.25) is 5.02 Å². The van der Waals surface area contributed by atoms with Crippen molar-refractivity contribution in [3.63, 3.8) is 0 Å². The van der Waals surface area contributed by atoms with E-state index in [1.54, 1.807) is 23.7 Å². The molecular weight excluding hydrogens is 386 g/mol. The van der Waals surface area contributed by atoms with E-state index in [2.05, 4.69) is 20.6 Å². The number of pyridine rings is 1. The van der Waals surface area contributed by atoms with E-state index < -0.39 is 18.0 Å². The van der Waals surface area contributed by atoms with E-state index in [0.29, 0.717) is 11.5 Å². The average molecular weight is 404 g/mol. The highest BCUT2D eigenvalue weighted by Crippen LogP contribution is 2.19. The molecule has 0 aromatic carbocycles. The summed E-state index contributed by atoms with van der Waals surface area (Å²) in [5.74, 6) is -0.829. The van der Waals surface area contributed by atoms with Crippen LogP contribution in [0.1, 0.15) is 34.5 Å². The standard InChI is InChI=1S/C18H18ClN5O4/c1-9-7-11(3)24(22-9)14-6-5-13(19)16(20-14)18(26)27-12(4)17(25)21-15-8-10(2)23-28-15/h5-8,12H,1-4H3,(H,21,25). The number of amides is 1. The van der Waals surface area contributed by atoms with Gasteiger partial charge in [-0.15, -0.1) is 0 Å². The fraction of sp³-hybridized carbons (Fsp3) is 0.278. The molecule has 1 amide bonds. The maximum atomic E-state index is 12.5. The number of hydrogen-bond acceptors (Lipinski definition) is 7. The Hall–Kier alpha value is -3.20. The van der Waals surface area contributed by atoms with Gasteiger partial charge in [0.05, 0.1) is 16.4 Å². The first-order chi connectivity index (χ1) is 13.2. The van der Waals surface area contributed by atoms with E-state index in [-0.39, 0.29) is 16.6 Å². The molecule has 0 aliphatic carbocycles. The lowest BCUT2D eigenvalue weighted by Gasteiger charge is -2.13. The van der Waals surface area contributed by atoms with Crippen LogP contribution >= 0.6 is 11.6 Å². The van der Waals surface area contributed by atoms with Gasteiger partial charge < -0.3 is 9.26 Å². The van der Waals surface area contributed by atoms with Gasteiger partial charge >= 0.3 is 5.97 Å². The van der Waals surface area contributed by atoms with Gasteiger partial charge in [-0.2, -0.15) is 5.10 Å². The highest BCUT2D eigenvalue weighted by atomic mass is 35.5. The molecule has 146 valence electrons. The zero-order chi connectivity index (χ0) is 20.4. The molecule has 0 aliphatic rings. The number of ether oxygens (including phenoxy) is 1. The molecule has 3 aromatic heterocycles. The van der Waals surface area contributed by atoms with Gasteiger partial charge in [0.2, 0.25) is 5.88 Å². The molecule has 1 N–H and O–H groups in total. The second-order valence-electron chi connectivity index (χ2n) is 6.21. The first-order valence-corrected chi connectivity index (χ1v) is 8.77. The monoisotopic (exact) mass is 403 g/mol. The summed E-state index contributed by atoms with van der Waals surface area (Å²) in [4.78, 5) is 28.9. The van der Waals surface area contributed by atoms with Gasteiger partial charge in [0.15, 0.2) is 17.6 Å². The van der Waals surface area contributed by atoms with E-state index in [9.17, 15) is 9.59 Å². The van der Waals surface area contributed by atoms with Crippen LogP contribution in [0.3, 0.4) is 0 Å². The van der Waals surface area contributed by atoms with Gasteiger partial charge in [-0.1, -0.05) is 16.8 Å². The maximum absolute atomic E-state index is 12.5. The number of esters is 1. The molecule has 0 saturated heterocycles. The first-order valence-electron chi connectivity index (χ1n) is 8.40. The van der Waals surface area contributed by atoms with Crippen molar-refractivity contribution < 1.29 is 18.8 Å². The number of carbonyl (C=O) groups excluding carboxylic acids is 2. The lowest BCUT2D eigenvalue weighted by molar-refractivity contribution is -0.123. The molecule has 10 heteroatoms. The molecule has 3 rings (SSSR count). The zero-order valence-corrected chi connectivity index (χ0v) is 16.4. The van der Waals surface area contributed by atoms with Crippen LogP contribution < -0.4 is 5.32 Å². The second kappa shape index (κ2) is 7.81. The highest BCUT2D eigenvalue weighted by molar-refractivity contribution is 6.33. The van der Waals surface area contributed by atoms with Crippen LogP contribution in [-0.4, -0.2) is 37.9 Å². The van der Waals surface area contributed by atoms with Crippen molar-refractivity contribution >= 4 is 29.4 Å². The Morgan fingerprint density at radius 2 is 1.96 bits per heavy atom. The maximum Gasteiger partial charge on any atom is 0.359 e. The Labute approximate surface area is 165 Å². The Morgan fingerprint density at radius 3 is 2.57 bits per heavy atom. The van der Waals surface area contributed by atoms with E-state index in [1.807, 2.05) is 19.9 Å². The lowest BCUT2D eigenvalue weighted by Crippen LogP contribution is -2.30. The van der Waals surface area contributed by atoms with Gasteiger partial charge in [0, 0.05) is 11.8 Å². The fourth-order valence-corrected chi connectivity index (χ4v) is 2.65. The summed E-state index contributed by atoms with van der Waals surface area (Å²) in [5, 5.41) is 10.6. The molecule has 0 saturated carbocycles. The van der Waals surface area contributed by atoms with Gasteiger partial charge in [0.25, 0.3) is 5.91 Å². The minimum Gasteiger partial charge on any atom is -0.448 e. The quantitative estimate of drug-likeness (QED) is 0.651. The molecule has 0 bridgehead atoms. The Bertz CT molecular complexity index is 1040. The molecule has 0 aliphatic heterocycles. The Kier molecular flexibility index (Phi) is 5.46. The van der Waals surface area contributed by atoms with Crippen molar-refractivity contribution in [1.82, 2.24) is 19.9 Å². The van der Waals surface area contributed by atoms with E-state index >= 15 is 0 Å². The summed E-state index contributed by atoms with van der Waals surface area (Å²) in [6.45, 7) is 6.86. The fourth-order valence-electron chi connectivity index (χ4n) is 2.47. The van der Waals surface area contributed by atoms with E-state index in [0.717, 1.165) is 11.4 Å². The number of nitrogens with one attached hydrogen (secondary N) is 1. The third kappa shape index (κ3) is 4.20. The van der Waals surface area contributed by atoms with Crippen LogP contribution in [0.4, 0.5) is 5.88 Å². The molecule has 9 nitrogen and oxygen atoms in total.